The Hall–Kier alpha value is -1.06. The zero-order chi connectivity index (χ0) is 10.8. The van der Waals surface area contributed by atoms with E-state index in [1.165, 1.54) is 0 Å². The summed E-state index contributed by atoms with van der Waals surface area (Å²) in [6.45, 7) is 0. The van der Waals surface area contributed by atoms with Gasteiger partial charge in [-0.25, -0.2) is 4.98 Å². The fourth-order valence-corrected chi connectivity index (χ4v) is 1.55. The Kier molecular flexibility index (Phi) is 2.93. The minimum absolute atomic E-state index is 0.0397. The summed E-state index contributed by atoms with van der Waals surface area (Å²) >= 11 is 11.0. The zero-order valence-corrected chi connectivity index (χ0v) is 9.18. The molecule has 15 heavy (non-hydrogen) atoms. The third kappa shape index (κ3) is 1.98. The topological polar surface area (TPSA) is 43.1 Å². The number of carbonyl (C=O) groups excluding carboxylic acids is 1. The van der Waals surface area contributed by atoms with Crippen molar-refractivity contribution in [1.29, 1.82) is 0 Å². The Bertz CT molecular complexity index is 507. The third-order valence-corrected chi connectivity index (χ3v) is 2.46. The normalized spacial score (nSPS) is 10.8. The number of carbonyl (C=O) groups is 1. The quantitative estimate of drug-likeness (QED) is 0.615. The van der Waals surface area contributed by atoms with Crippen LogP contribution in [0, 0.1) is 0 Å². The first-order valence-electron chi connectivity index (χ1n) is 4.29. The molecule has 2 rings (SSSR count). The van der Waals surface area contributed by atoms with E-state index in [-0.39, 0.29) is 17.5 Å². The van der Waals surface area contributed by atoms with Gasteiger partial charge in [0.15, 0.2) is 11.4 Å². The van der Waals surface area contributed by atoms with Crippen molar-refractivity contribution in [3.05, 3.63) is 29.7 Å². The summed E-state index contributed by atoms with van der Waals surface area (Å²) in [7, 11) is 0. The Morgan fingerprint density at radius 1 is 1.40 bits per heavy atom. The van der Waals surface area contributed by atoms with Crippen molar-refractivity contribution in [2.45, 2.75) is 5.88 Å². The lowest BCUT2D eigenvalue weighted by atomic mass is 10.1. The van der Waals surface area contributed by atoms with Crippen LogP contribution in [0.2, 0.25) is 0 Å². The van der Waals surface area contributed by atoms with Crippen LogP contribution < -0.4 is 0 Å². The summed E-state index contributed by atoms with van der Waals surface area (Å²) in [6, 6.07) is 5.02. The van der Waals surface area contributed by atoms with E-state index < -0.39 is 0 Å². The molecule has 0 fully saturated rings. The summed E-state index contributed by atoms with van der Waals surface area (Å²) in [5.41, 5.74) is 1.77. The van der Waals surface area contributed by atoms with Gasteiger partial charge in [-0.15, -0.1) is 23.2 Å². The average Bonchev–Trinajstić information content (AvgIpc) is 2.69. The number of rotatable bonds is 3. The van der Waals surface area contributed by atoms with Crippen LogP contribution in [-0.2, 0) is 5.88 Å². The fraction of sp³-hybridized carbons (Fsp3) is 0.200. The van der Waals surface area contributed by atoms with Gasteiger partial charge in [-0.3, -0.25) is 4.79 Å². The maximum Gasteiger partial charge on any atom is 0.210 e. The standard InChI is InChI=1S/C10H7Cl2NO2/c11-4-8(14)6-1-2-7-9(3-6)15-10(5-12)13-7/h1-3H,4-5H2. The highest BCUT2D eigenvalue weighted by molar-refractivity contribution is 6.30. The molecule has 0 aliphatic rings. The molecule has 5 heteroatoms. The maximum absolute atomic E-state index is 11.3. The SMILES string of the molecule is O=C(CCl)c1ccc2nc(CCl)oc2c1. The molecule has 0 aliphatic heterocycles. The predicted molar refractivity (Wildman–Crippen MR) is 58.6 cm³/mol. The molecule has 2 aromatic rings. The molecule has 1 aromatic carbocycles. The summed E-state index contributed by atoms with van der Waals surface area (Å²) in [4.78, 5) is 15.4. The lowest BCUT2D eigenvalue weighted by molar-refractivity contribution is 0.102. The number of oxazole rings is 1. The fourth-order valence-electron chi connectivity index (χ4n) is 1.28. The van der Waals surface area contributed by atoms with Gasteiger partial charge in [-0.1, -0.05) is 0 Å². The van der Waals surface area contributed by atoms with Crippen molar-refractivity contribution in [3.63, 3.8) is 0 Å². The molecule has 0 atom stereocenters. The molecule has 0 spiro atoms. The van der Waals surface area contributed by atoms with Gasteiger partial charge >= 0.3 is 0 Å². The number of hydrogen-bond donors (Lipinski definition) is 0. The van der Waals surface area contributed by atoms with E-state index >= 15 is 0 Å². The van der Waals surface area contributed by atoms with E-state index in [2.05, 4.69) is 4.98 Å². The Morgan fingerprint density at radius 3 is 2.87 bits per heavy atom. The van der Waals surface area contributed by atoms with E-state index in [0.29, 0.717) is 22.6 Å². The molecule has 0 saturated heterocycles. The summed E-state index contributed by atoms with van der Waals surface area (Å²) in [6.07, 6.45) is 0. The van der Waals surface area contributed by atoms with E-state index in [1.807, 2.05) is 0 Å². The van der Waals surface area contributed by atoms with Gasteiger partial charge in [0.1, 0.15) is 5.52 Å². The van der Waals surface area contributed by atoms with Crippen molar-refractivity contribution < 1.29 is 9.21 Å². The zero-order valence-electron chi connectivity index (χ0n) is 7.67. The summed E-state index contributed by atoms with van der Waals surface area (Å²) in [5.74, 6) is 0.486. The number of nitrogens with zero attached hydrogens (tertiary/aromatic N) is 1. The average molecular weight is 244 g/mol. The van der Waals surface area contributed by atoms with Gasteiger partial charge in [-0.2, -0.15) is 0 Å². The predicted octanol–water partition coefficient (Wildman–Crippen LogP) is 2.99. The first kappa shape index (κ1) is 10.5. The minimum atomic E-state index is -0.137. The smallest absolute Gasteiger partial charge is 0.210 e. The molecule has 0 saturated carbocycles. The van der Waals surface area contributed by atoms with Crippen LogP contribution in [-0.4, -0.2) is 16.6 Å². The molecule has 3 nitrogen and oxygen atoms in total. The van der Waals surface area contributed by atoms with Crippen molar-refractivity contribution in [3.8, 4) is 0 Å². The lowest BCUT2D eigenvalue weighted by Gasteiger charge is -1.94. The summed E-state index contributed by atoms with van der Waals surface area (Å²) < 4.78 is 5.31. The second-order valence-electron chi connectivity index (χ2n) is 2.98. The first-order valence-corrected chi connectivity index (χ1v) is 5.36. The van der Waals surface area contributed by atoms with Gasteiger partial charge < -0.3 is 4.42 Å². The number of benzene rings is 1. The number of alkyl halides is 2. The number of aromatic nitrogens is 1. The molecule has 78 valence electrons. The van der Waals surface area contributed by atoms with E-state index in [9.17, 15) is 4.79 Å². The van der Waals surface area contributed by atoms with Crippen LogP contribution in [0.1, 0.15) is 16.2 Å². The van der Waals surface area contributed by atoms with E-state index in [0.717, 1.165) is 0 Å². The van der Waals surface area contributed by atoms with Gasteiger partial charge in [0.2, 0.25) is 5.89 Å². The lowest BCUT2D eigenvalue weighted by Crippen LogP contribution is -1.99. The second-order valence-corrected chi connectivity index (χ2v) is 3.52. The number of Topliss-reactive ketones (excluding diaryl/α,β-unsaturated/α-hetero) is 1. The molecule has 0 radical (unpaired) electrons. The van der Waals surface area contributed by atoms with E-state index in [1.54, 1.807) is 18.2 Å². The highest BCUT2D eigenvalue weighted by Crippen LogP contribution is 2.18. The van der Waals surface area contributed by atoms with E-state index in [4.69, 9.17) is 27.6 Å². The largest absolute Gasteiger partial charge is 0.439 e. The number of ketones is 1. The third-order valence-electron chi connectivity index (χ3n) is 1.99. The van der Waals surface area contributed by atoms with Gasteiger partial charge in [0.25, 0.3) is 0 Å². The first-order chi connectivity index (χ1) is 7.24. The molecular formula is C10H7Cl2NO2. The molecule has 0 aliphatic carbocycles. The van der Waals surface area contributed by atoms with Crippen molar-refractivity contribution >= 4 is 40.1 Å². The van der Waals surface area contributed by atoms with Crippen LogP contribution in [0.3, 0.4) is 0 Å². The van der Waals surface area contributed by atoms with Crippen LogP contribution >= 0.6 is 23.2 Å². The van der Waals surface area contributed by atoms with Crippen LogP contribution in [0.4, 0.5) is 0 Å². The molecule has 0 unspecified atom stereocenters. The molecule has 0 N–H and O–H groups in total. The number of halogens is 2. The molecule has 0 amide bonds. The number of hydrogen-bond acceptors (Lipinski definition) is 3. The Morgan fingerprint density at radius 2 is 2.20 bits per heavy atom. The van der Waals surface area contributed by atoms with Gasteiger partial charge in [-0.05, 0) is 18.2 Å². The molecule has 0 bridgehead atoms. The van der Waals surface area contributed by atoms with Crippen molar-refractivity contribution in [2.75, 3.05) is 5.88 Å². The monoisotopic (exact) mass is 243 g/mol. The van der Waals surface area contributed by atoms with Crippen molar-refractivity contribution in [2.24, 2.45) is 0 Å². The van der Waals surface area contributed by atoms with Crippen LogP contribution in [0.5, 0.6) is 0 Å². The van der Waals surface area contributed by atoms with Gasteiger partial charge in [0.05, 0.1) is 11.8 Å². The Balaban J connectivity index is 2.50. The number of fused-ring (bicyclic) bond motifs is 1. The highest BCUT2D eigenvalue weighted by atomic mass is 35.5. The molecular weight excluding hydrogens is 237 g/mol. The van der Waals surface area contributed by atoms with Crippen LogP contribution in [0.15, 0.2) is 22.6 Å². The minimum Gasteiger partial charge on any atom is -0.439 e. The van der Waals surface area contributed by atoms with Crippen LogP contribution in [0.25, 0.3) is 11.1 Å². The Labute approximate surface area is 96.0 Å². The molecule has 1 aromatic heterocycles. The maximum atomic E-state index is 11.3. The van der Waals surface area contributed by atoms with Crippen molar-refractivity contribution in [1.82, 2.24) is 4.98 Å². The highest BCUT2D eigenvalue weighted by Gasteiger charge is 2.09. The van der Waals surface area contributed by atoms with Gasteiger partial charge in [0, 0.05) is 5.56 Å². The summed E-state index contributed by atoms with van der Waals surface area (Å²) in [5, 5.41) is 0. The molecule has 1 heterocycles. The second kappa shape index (κ2) is 4.21.